The van der Waals surface area contributed by atoms with Gasteiger partial charge in [-0.15, -0.1) is 0 Å². The monoisotopic (exact) mass is 317 g/mol. The largest absolute Gasteiger partial charge is 0.340 e. The van der Waals surface area contributed by atoms with E-state index in [1.807, 2.05) is 6.92 Å². The van der Waals surface area contributed by atoms with Crippen LogP contribution in [0.1, 0.15) is 39.0 Å². The SMILES string of the molecule is CCCCS(=O)(=O)N1CCCC1C(=O)N(C)C1CCNC1. The molecule has 1 N–H and O–H groups in total. The standard InChI is InChI=1S/C14H27N3O3S/c1-3-4-10-21(19,20)17-9-5-6-13(17)14(18)16(2)12-7-8-15-11-12/h12-13,15H,3-11H2,1-2H3. The quantitative estimate of drug-likeness (QED) is 0.770. The highest BCUT2D eigenvalue weighted by atomic mass is 32.2. The lowest BCUT2D eigenvalue weighted by Crippen LogP contribution is -2.50. The fraction of sp³-hybridized carbons (Fsp3) is 0.929. The zero-order valence-corrected chi connectivity index (χ0v) is 13.9. The smallest absolute Gasteiger partial charge is 0.241 e. The molecule has 2 saturated heterocycles. The van der Waals surface area contributed by atoms with Crippen LogP contribution in [0.25, 0.3) is 0 Å². The summed E-state index contributed by atoms with van der Waals surface area (Å²) in [6.07, 6.45) is 3.87. The van der Waals surface area contributed by atoms with E-state index in [9.17, 15) is 13.2 Å². The summed E-state index contributed by atoms with van der Waals surface area (Å²) >= 11 is 0. The fourth-order valence-electron chi connectivity index (χ4n) is 3.15. The van der Waals surface area contributed by atoms with Crippen LogP contribution in [0.5, 0.6) is 0 Å². The number of rotatable bonds is 6. The van der Waals surface area contributed by atoms with Gasteiger partial charge >= 0.3 is 0 Å². The molecule has 2 atom stereocenters. The first-order valence-electron chi connectivity index (χ1n) is 7.94. The van der Waals surface area contributed by atoms with Crippen molar-refractivity contribution in [1.29, 1.82) is 0 Å². The van der Waals surface area contributed by atoms with Crippen LogP contribution in [-0.2, 0) is 14.8 Å². The van der Waals surface area contributed by atoms with Crippen LogP contribution in [0.4, 0.5) is 0 Å². The van der Waals surface area contributed by atoms with E-state index in [1.54, 1.807) is 11.9 Å². The van der Waals surface area contributed by atoms with Crippen molar-refractivity contribution in [3.63, 3.8) is 0 Å². The average Bonchev–Trinajstić information content (AvgIpc) is 3.13. The minimum atomic E-state index is -3.30. The second-order valence-corrected chi connectivity index (χ2v) is 8.08. The van der Waals surface area contributed by atoms with Crippen molar-refractivity contribution >= 4 is 15.9 Å². The fourth-order valence-corrected chi connectivity index (χ4v) is 5.03. The van der Waals surface area contributed by atoms with Crippen LogP contribution in [0, 0.1) is 0 Å². The molecule has 122 valence electrons. The number of amides is 1. The van der Waals surface area contributed by atoms with Gasteiger partial charge in [-0.1, -0.05) is 13.3 Å². The normalized spacial score (nSPS) is 27.1. The van der Waals surface area contributed by atoms with Crippen LogP contribution in [0.2, 0.25) is 0 Å². The zero-order valence-electron chi connectivity index (χ0n) is 13.0. The van der Waals surface area contributed by atoms with Crippen LogP contribution in [0.3, 0.4) is 0 Å². The summed E-state index contributed by atoms with van der Waals surface area (Å²) in [7, 11) is -1.50. The number of hydrogen-bond acceptors (Lipinski definition) is 4. The molecule has 21 heavy (non-hydrogen) atoms. The third kappa shape index (κ3) is 3.76. The van der Waals surface area contributed by atoms with Crippen LogP contribution >= 0.6 is 0 Å². The number of hydrogen-bond donors (Lipinski definition) is 1. The van der Waals surface area contributed by atoms with Crippen molar-refractivity contribution in [3.8, 4) is 0 Å². The number of carbonyl (C=O) groups is 1. The molecule has 0 aromatic carbocycles. The first kappa shape index (κ1) is 16.7. The number of nitrogens with zero attached hydrogens (tertiary/aromatic N) is 2. The molecule has 7 heteroatoms. The molecular weight excluding hydrogens is 290 g/mol. The van der Waals surface area contributed by atoms with Gasteiger partial charge in [0.05, 0.1) is 5.75 Å². The van der Waals surface area contributed by atoms with Crippen molar-refractivity contribution in [2.24, 2.45) is 0 Å². The summed E-state index contributed by atoms with van der Waals surface area (Å²) in [5.74, 6) is 0.114. The summed E-state index contributed by atoms with van der Waals surface area (Å²) in [6, 6.07) is -0.296. The molecule has 2 rings (SSSR count). The van der Waals surface area contributed by atoms with E-state index in [0.29, 0.717) is 19.4 Å². The lowest BCUT2D eigenvalue weighted by Gasteiger charge is -2.30. The molecule has 1 amide bonds. The van der Waals surface area contributed by atoms with Gasteiger partial charge in [0.2, 0.25) is 15.9 Å². The van der Waals surface area contributed by atoms with E-state index in [4.69, 9.17) is 0 Å². The van der Waals surface area contributed by atoms with Gasteiger partial charge in [0, 0.05) is 26.2 Å². The Kier molecular flexibility index (Phi) is 5.62. The lowest BCUT2D eigenvalue weighted by molar-refractivity contribution is -0.135. The predicted molar refractivity (Wildman–Crippen MR) is 82.5 cm³/mol. The zero-order chi connectivity index (χ0) is 15.5. The van der Waals surface area contributed by atoms with Crippen LogP contribution in [-0.4, -0.2) is 68.0 Å². The van der Waals surface area contributed by atoms with Crippen molar-refractivity contribution < 1.29 is 13.2 Å². The molecule has 0 aliphatic carbocycles. The molecule has 0 bridgehead atoms. The van der Waals surface area contributed by atoms with Crippen LogP contribution < -0.4 is 5.32 Å². The molecule has 0 aromatic rings. The third-order valence-corrected chi connectivity index (χ3v) is 6.49. The number of sulfonamides is 1. The van der Waals surface area contributed by atoms with E-state index < -0.39 is 16.1 Å². The van der Waals surface area contributed by atoms with Gasteiger partial charge in [0.15, 0.2) is 0 Å². The van der Waals surface area contributed by atoms with Crippen molar-refractivity contribution in [1.82, 2.24) is 14.5 Å². The summed E-state index contributed by atoms with van der Waals surface area (Å²) in [5, 5.41) is 3.24. The Balaban J connectivity index is 2.05. The molecule has 0 aromatic heterocycles. The molecule has 2 unspecified atom stereocenters. The maximum absolute atomic E-state index is 12.7. The lowest BCUT2D eigenvalue weighted by atomic mass is 10.1. The summed E-state index contributed by atoms with van der Waals surface area (Å²) in [4.78, 5) is 14.4. The van der Waals surface area contributed by atoms with Gasteiger partial charge in [-0.3, -0.25) is 4.79 Å². The molecule has 2 aliphatic heterocycles. The maximum Gasteiger partial charge on any atom is 0.241 e. The Morgan fingerprint density at radius 1 is 1.38 bits per heavy atom. The van der Waals surface area contributed by atoms with Gasteiger partial charge in [0.1, 0.15) is 6.04 Å². The van der Waals surface area contributed by atoms with Gasteiger partial charge < -0.3 is 10.2 Å². The Bertz CT molecular complexity index is 460. The van der Waals surface area contributed by atoms with Crippen LogP contribution in [0.15, 0.2) is 0 Å². The van der Waals surface area contributed by atoms with E-state index in [-0.39, 0.29) is 17.7 Å². The Labute approximate surface area is 127 Å². The third-order valence-electron chi connectivity index (χ3n) is 4.53. The van der Waals surface area contributed by atoms with Gasteiger partial charge in [-0.05, 0) is 32.2 Å². The van der Waals surface area contributed by atoms with Gasteiger partial charge in [0.25, 0.3) is 0 Å². The highest BCUT2D eigenvalue weighted by Gasteiger charge is 2.40. The molecule has 6 nitrogen and oxygen atoms in total. The Morgan fingerprint density at radius 2 is 2.14 bits per heavy atom. The van der Waals surface area contributed by atoms with E-state index >= 15 is 0 Å². The van der Waals surface area contributed by atoms with Crippen molar-refractivity contribution in [2.45, 2.75) is 51.1 Å². The van der Waals surface area contributed by atoms with E-state index in [2.05, 4.69) is 5.32 Å². The number of likely N-dealkylation sites (N-methyl/N-ethyl adjacent to an activating group) is 1. The minimum absolute atomic E-state index is 0.0405. The summed E-state index contributed by atoms with van der Waals surface area (Å²) in [6.45, 7) is 4.19. The predicted octanol–water partition coefficient (Wildman–Crippen LogP) is 0.401. The maximum atomic E-state index is 12.7. The summed E-state index contributed by atoms with van der Waals surface area (Å²) < 4.78 is 26.2. The Hall–Kier alpha value is -0.660. The second kappa shape index (κ2) is 7.07. The van der Waals surface area contributed by atoms with Gasteiger partial charge in [-0.2, -0.15) is 4.31 Å². The number of nitrogens with one attached hydrogen (secondary N) is 1. The molecule has 2 heterocycles. The molecule has 0 spiro atoms. The Morgan fingerprint density at radius 3 is 2.76 bits per heavy atom. The molecular formula is C14H27N3O3S. The number of unbranched alkanes of at least 4 members (excludes halogenated alkanes) is 1. The topological polar surface area (TPSA) is 69.7 Å². The summed E-state index contributed by atoms with van der Waals surface area (Å²) in [5.41, 5.74) is 0. The van der Waals surface area contributed by atoms with E-state index in [1.165, 1.54) is 4.31 Å². The number of carbonyl (C=O) groups excluding carboxylic acids is 1. The van der Waals surface area contributed by atoms with Gasteiger partial charge in [-0.25, -0.2) is 8.42 Å². The van der Waals surface area contributed by atoms with Crippen molar-refractivity contribution in [3.05, 3.63) is 0 Å². The average molecular weight is 317 g/mol. The molecule has 2 fully saturated rings. The first-order chi connectivity index (χ1) is 9.97. The minimum Gasteiger partial charge on any atom is -0.340 e. The molecule has 0 radical (unpaired) electrons. The van der Waals surface area contributed by atoms with Crippen molar-refractivity contribution in [2.75, 3.05) is 32.4 Å². The highest BCUT2D eigenvalue weighted by molar-refractivity contribution is 7.89. The molecule has 2 aliphatic rings. The molecule has 0 saturated carbocycles. The van der Waals surface area contributed by atoms with E-state index in [0.717, 1.165) is 32.4 Å². The second-order valence-electron chi connectivity index (χ2n) is 6.03. The first-order valence-corrected chi connectivity index (χ1v) is 9.55. The highest BCUT2D eigenvalue weighted by Crippen LogP contribution is 2.24.